The van der Waals surface area contributed by atoms with Gasteiger partial charge in [0.05, 0.1) is 6.10 Å². The molecule has 0 aliphatic carbocycles. The zero-order chi connectivity index (χ0) is 13.5. The average Bonchev–Trinajstić information content (AvgIpc) is 2.45. The maximum atomic E-state index is 11.5. The second-order valence-electron chi connectivity index (χ2n) is 4.41. The lowest BCUT2D eigenvalue weighted by Gasteiger charge is -2.22. The Balaban J connectivity index is 1.65. The molecule has 1 atom stereocenters. The van der Waals surface area contributed by atoms with Crippen LogP contribution < -0.4 is 4.74 Å². The molecule has 1 unspecified atom stereocenters. The number of rotatable bonds is 5. The van der Waals surface area contributed by atoms with Crippen molar-refractivity contribution in [1.29, 1.82) is 0 Å². The summed E-state index contributed by atoms with van der Waals surface area (Å²) in [4.78, 5) is 11.5. The van der Waals surface area contributed by atoms with Crippen LogP contribution in [0.4, 0.5) is 0 Å². The molecule has 1 aromatic carbocycles. The molecule has 0 radical (unpaired) electrons. The second kappa shape index (κ2) is 7.50. The molecule has 0 N–H and O–H groups in total. The molecule has 2 rings (SSSR count). The van der Waals surface area contributed by atoms with Crippen molar-refractivity contribution in [3.05, 3.63) is 28.7 Å². The predicted octanol–water partition coefficient (Wildman–Crippen LogP) is 2.94. The van der Waals surface area contributed by atoms with E-state index in [0.717, 1.165) is 30.3 Å². The molecule has 0 amide bonds. The van der Waals surface area contributed by atoms with E-state index in [9.17, 15) is 4.79 Å². The van der Waals surface area contributed by atoms with E-state index in [1.54, 1.807) is 12.1 Å². The minimum Gasteiger partial charge on any atom is -0.482 e. The fourth-order valence-electron chi connectivity index (χ4n) is 1.84. The lowest BCUT2D eigenvalue weighted by Crippen LogP contribution is -2.27. The van der Waals surface area contributed by atoms with Crippen molar-refractivity contribution in [1.82, 2.24) is 0 Å². The Morgan fingerprint density at radius 3 is 2.79 bits per heavy atom. The first-order valence-electron chi connectivity index (χ1n) is 6.39. The van der Waals surface area contributed by atoms with Crippen LogP contribution in [-0.2, 0) is 14.3 Å². The van der Waals surface area contributed by atoms with Crippen LogP contribution in [0, 0.1) is 0 Å². The molecule has 1 heterocycles. The summed E-state index contributed by atoms with van der Waals surface area (Å²) in [6.07, 6.45) is 3.24. The summed E-state index contributed by atoms with van der Waals surface area (Å²) in [5, 5.41) is 0. The van der Waals surface area contributed by atoms with E-state index in [-0.39, 0.29) is 18.7 Å². The lowest BCUT2D eigenvalue weighted by atomic mass is 10.1. The number of carbonyl (C=O) groups excluding carboxylic acids is 1. The second-order valence-corrected chi connectivity index (χ2v) is 5.33. The molecule has 1 aromatic rings. The highest BCUT2D eigenvalue weighted by molar-refractivity contribution is 9.10. The Labute approximate surface area is 121 Å². The van der Waals surface area contributed by atoms with Crippen molar-refractivity contribution >= 4 is 21.9 Å². The van der Waals surface area contributed by atoms with Crippen LogP contribution in [0.25, 0.3) is 0 Å². The summed E-state index contributed by atoms with van der Waals surface area (Å²) in [7, 11) is 0. The molecule has 0 aromatic heterocycles. The molecule has 0 spiro atoms. The van der Waals surface area contributed by atoms with E-state index >= 15 is 0 Å². The van der Waals surface area contributed by atoms with Gasteiger partial charge in [-0.15, -0.1) is 0 Å². The van der Waals surface area contributed by atoms with Gasteiger partial charge in [-0.25, -0.2) is 4.79 Å². The van der Waals surface area contributed by atoms with E-state index < -0.39 is 0 Å². The Morgan fingerprint density at radius 2 is 2.11 bits per heavy atom. The van der Waals surface area contributed by atoms with Crippen LogP contribution in [0.2, 0.25) is 0 Å². The van der Waals surface area contributed by atoms with Crippen LogP contribution in [0.15, 0.2) is 28.7 Å². The van der Waals surface area contributed by atoms with Crippen LogP contribution >= 0.6 is 15.9 Å². The highest BCUT2D eigenvalue weighted by Gasteiger charge is 2.16. The minimum absolute atomic E-state index is 0.0466. The molecule has 0 saturated carbocycles. The average molecular weight is 329 g/mol. The fraction of sp³-hybridized carbons (Fsp3) is 0.500. The molecule has 1 fully saturated rings. The van der Waals surface area contributed by atoms with Gasteiger partial charge in [-0.3, -0.25) is 0 Å². The number of hydrogen-bond acceptors (Lipinski definition) is 4. The van der Waals surface area contributed by atoms with Crippen molar-refractivity contribution in [2.24, 2.45) is 0 Å². The van der Waals surface area contributed by atoms with Gasteiger partial charge >= 0.3 is 5.97 Å². The van der Waals surface area contributed by atoms with Gasteiger partial charge in [0, 0.05) is 11.1 Å². The molecule has 1 saturated heterocycles. The zero-order valence-electron chi connectivity index (χ0n) is 10.6. The van der Waals surface area contributed by atoms with Gasteiger partial charge in [-0.2, -0.15) is 0 Å². The molecule has 0 bridgehead atoms. The molecule has 5 heteroatoms. The first-order chi connectivity index (χ1) is 9.24. The monoisotopic (exact) mass is 328 g/mol. The van der Waals surface area contributed by atoms with Crippen LogP contribution in [0.3, 0.4) is 0 Å². The van der Waals surface area contributed by atoms with Gasteiger partial charge in [0.1, 0.15) is 12.4 Å². The highest BCUT2D eigenvalue weighted by Crippen LogP contribution is 2.16. The van der Waals surface area contributed by atoms with E-state index in [2.05, 4.69) is 15.9 Å². The summed E-state index contributed by atoms with van der Waals surface area (Å²) in [6.45, 7) is 1.01. The van der Waals surface area contributed by atoms with Gasteiger partial charge in [0.2, 0.25) is 0 Å². The number of hydrogen-bond donors (Lipinski definition) is 0. The number of benzene rings is 1. The van der Waals surface area contributed by atoms with E-state index in [0.29, 0.717) is 12.4 Å². The SMILES string of the molecule is O=C(COc1ccc(Br)cc1)OCC1CCCCO1. The van der Waals surface area contributed by atoms with Crippen LogP contribution in [0.1, 0.15) is 19.3 Å². The standard InChI is InChI=1S/C14H17BrO4/c15-11-4-6-12(7-5-11)18-10-14(16)19-9-13-3-1-2-8-17-13/h4-7,13H,1-3,8-10H2. The zero-order valence-corrected chi connectivity index (χ0v) is 12.2. The predicted molar refractivity (Wildman–Crippen MR) is 74.2 cm³/mol. The van der Waals surface area contributed by atoms with Gasteiger partial charge in [0.15, 0.2) is 6.61 Å². The molecular weight excluding hydrogens is 312 g/mol. The summed E-state index contributed by atoms with van der Waals surface area (Å²) in [5.41, 5.74) is 0. The molecule has 104 valence electrons. The van der Waals surface area contributed by atoms with E-state index in [1.165, 1.54) is 0 Å². The van der Waals surface area contributed by atoms with Crippen molar-refractivity contribution in [3.63, 3.8) is 0 Å². The minimum atomic E-state index is -0.364. The first kappa shape index (κ1) is 14.3. The van der Waals surface area contributed by atoms with E-state index in [4.69, 9.17) is 14.2 Å². The first-order valence-corrected chi connectivity index (χ1v) is 7.19. The van der Waals surface area contributed by atoms with Crippen molar-refractivity contribution < 1.29 is 19.0 Å². The van der Waals surface area contributed by atoms with Gasteiger partial charge in [0.25, 0.3) is 0 Å². The smallest absolute Gasteiger partial charge is 0.344 e. The van der Waals surface area contributed by atoms with Gasteiger partial charge in [-0.1, -0.05) is 15.9 Å². The highest BCUT2D eigenvalue weighted by atomic mass is 79.9. The lowest BCUT2D eigenvalue weighted by molar-refractivity contribution is -0.151. The topological polar surface area (TPSA) is 44.8 Å². The maximum Gasteiger partial charge on any atom is 0.344 e. The Hall–Kier alpha value is -1.07. The molecule has 1 aliphatic rings. The van der Waals surface area contributed by atoms with Crippen molar-refractivity contribution in [2.45, 2.75) is 25.4 Å². The van der Waals surface area contributed by atoms with Crippen LogP contribution in [-0.4, -0.2) is 31.9 Å². The van der Waals surface area contributed by atoms with Crippen molar-refractivity contribution in [3.8, 4) is 5.75 Å². The Morgan fingerprint density at radius 1 is 1.32 bits per heavy atom. The summed E-state index contributed by atoms with van der Waals surface area (Å²) >= 11 is 3.33. The maximum absolute atomic E-state index is 11.5. The number of esters is 1. The molecule has 19 heavy (non-hydrogen) atoms. The summed E-state index contributed by atoms with van der Waals surface area (Å²) in [5.74, 6) is 0.283. The normalized spacial score (nSPS) is 18.9. The molecule has 1 aliphatic heterocycles. The summed E-state index contributed by atoms with van der Waals surface area (Å²) in [6, 6.07) is 7.30. The van der Waals surface area contributed by atoms with E-state index in [1.807, 2.05) is 12.1 Å². The third kappa shape index (κ3) is 5.20. The Kier molecular flexibility index (Phi) is 5.66. The molecular formula is C14H17BrO4. The third-order valence-electron chi connectivity index (χ3n) is 2.87. The summed E-state index contributed by atoms with van der Waals surface area (Å²) < 4.78 is 16.9. The fourth-order valence-corrected chi connectivity index (χ4v) is 2.10. The van der Waals surface area contributed by atoms with Gasteiger partial charge in [-0.05, 0) is 43.5 Å². The number of carbonyl (C=O) groups is 1. The quantitative estimate of drug-likeness (QED) is 0.779. The Bertz CT molecular complexity index is 398. The number of halogens is 1. The molecule has 4 nitrogen and oxygen atoms in total. The number of ether oxygens (including phenoxy) is 3. The van der Waals surface area contributed by atoms with Crippen molar-refractivity contribution in [2.75, 3.05) is 19.8 Å². The third-order valence-corrected chi connectivity index (χ3v) is 3.40. The van der Waals surface area contributed by atoms with Crippen LogP contribution in [0.5, 0.6) is 5.75 Å². The largest absolute Gasteiger partial charge is 0.482 e. The van der Waals surface area contributed by atoms with Gasteiger partial charge < -0.3 is 14.2 Å².